The fraction of sp³-hybridized carbons (Fsp3) is 1.00. The standard InChI is InChI=1S/C13H27NO2S/c1-3-12(14-2)8-7-11-17(15,16)13-9-5-4-6-10-13/h12-14H,3-11H2,1-2H3. The van der Waals surface area contributed by atoms with E-state index >= 15 is 0 Å². The molecule has 1 N–H and O–H groups in total. The number of sulfone groups is 1. The maximum atomic E-state index is 12.1. The number of nitrogens with one attached hydrogen (secondary N) is 1. The lowest BCUT2D eigenvalue weighted by molar-refractivity contribution is 0.475. The third-order valence-electron chi connectivity index (χ3n) is 3.94. The third-order valence-corrected chi connectivity index (χ3v) is 6.29. The molecule has 0 aromatic rings. The molecule has 0 amide bonds. The molecule has 1 fully saturated rings. The zero-order valence-electron chi connectivity index (χ0n) is 11.2. The largest absolute Gasteiger partial charge is 0.317 e. The van der Waals surface area contributed by atoms with E-state index in [-0.39, 0.29) is 5.25 Å². The van der Waals surface area contributed by atoms with Gasteiger partial charge in [-0.3, -0.25) is 0 Å². The van der Waals surface area contributed by atoms with Crippen LogP contribution in [0.25, 0.3) is 0 Å². The van der Waals surface area contributed by atoms with Crippen LogP contribution in [0.2, 0.25) is 0 Å². The van der Waals surface area contributed by atoms with Gasteiger partial charge in [0.2, 0.25) is 0 Å². The summed E-state index contributed by atoms with van der Waals surface area (Å²) >= 11 is 0. The van der Waals surface area contributed by atoms with Crippen molar-refractivity contribution in [1.29, 1.82) is 0 Å². The Kier molecular flexibility index (Phi) is 6.49. The summed E-state index contributed by atoms with van der Waals surface area (Å²) in [6.07, 6.45) is 8.04. The molecule has 4 heteroatoms. The third kappa shape index (κ3) is 4.96. The van der Waals surface area contributed by atoms with Crippen LogP contribution in [0.15, 0.2) is 0 Å². The lowest BCUT2D eigenvalue weighted by atomic mass is 10.0. The summed E-state index contributed by atoms with van der Waals surface area (Å²) in [7, 11) is -0.875. The quantitative estimate of drug-likeness (QED) is 0.766. The van der Waals surface area contributed by atoms with Crippen LogP contribution in [-0.4, -0.2) is 32.5 Å². The molecule has 0 aromatic carbocycles. The molecule has 0 radical (unpaired) electrons. The molecular weight excluding hydrogens is 234 g/mol. The van der Waals surface area contributed by atoms with Crippen LogP contribution in [-0.2, 0) is 9.84 Å². The zero-order valence-corrected chi connectivity index (χ0v) is 12.1. The van der Waals surface area contributed by atoms with Gasteiger partial charge >= 0.3 is 0 Å². The molecule has 1 aliphatic carbocycles. The first-order chi connectivity index (χ1) is 8.10. The average Bonchev–Trinajstić information content (AvgIpc) is 2.36. The fourth-order valence-electron chi connectivity index (χ4n) is 2.67. The molecule has 1 atom stereocenters. The van der Waals surface area contributed by atoms with E-state index in [4.69, 9.17) is 0 Å². The Morgan fingerprint density at radius 3 is 2.41 bits per heavy atom. The molecular formula is C13H27NO2S. The highest BCUT2D eigenvalue weighted by Gasteiger charge is 2.26. The van der Waals surface area contributed by atoms with Gasteiger partial charge < -0.3 is 5.32 Å². The molecule has 0 aromatic heterocycles. The minimum Gasteiger partial charge on any atom is -0.317 e. The Balaban J connectivity index is 2.33. The SMILES string of the molecule is CCC(CCCS(=O)(=O)C1CCCCC1)NC. The van der Waals surface area contributed by atoms with Crippen molar-refractivity contribution in [2.45, 2.75) is 69.6 Å². The van der Waals surface area contributed by atoms with Crippen LogP contribution in [0.1, 0.15) is 58.3 Å². The Hall–Kier alpha value is -0.0900. The van der Waals surface area contributed by atoms with E-state index in [0.717, 1.165) is 44.9 Å². The predicted molar refractivity (Wildman–Crippen MR) is 73.0 cm³/mol. The normalized spacial score (nSPS) is 20.4. The molecule has 17 heavy (non-hydrogen) atoms. The van der Waals surface area contributed by atoms with Crippen molar-refractivity contribution in [1.82, 2.24) is 5.32 Å². The summed E-state index contributed by atoms with van der Waals surface area (Å²) in [6, 6.07) is 0.469. The van der Waals surface area contributed by atoms with Gasteiger partial charge in [-0.15, -0.1) is 0 Å². The maximum Gasteiger partial charge on any atom is 0.153 e. The predicted octanol–water partition coefficient (Wildman–Crippen LogP) is 2.51. The van der Waals surface area contributed by atoms with E-state index < -0.39 is 9.84 Å². The average molecular weight is 261 g/mol. The minimum absolute atomic E-state index is 0.0362. The Labute approximate surface area is 106 Å². The van der Waals surface area contributed by atoms with Gasteiger partial charge in [-0.1, -0.05) is 26.2 Å². The van der Waals surface area contributed by atoms with Crippen molar-refractivity contribution in [3.8, 4) is 0 Å². The molecule has 1 aliphatic rings. The Morgan fingerprint density at radius 2 is 1.88 bits per heavy atom. The molecule has 1 saturated carbocycles. The molecule has 102 valence electrons. The van der Waals surface area contributed by atoms with Crippen molar-refractivity contribution >= 4 is 9.84 Å². The van der Waals surface area contributed by atoms with E-state index in [9.17, 15) is 8.42 Å². The van der Waals surface area contributed by atoms with Crippen LogP contribution in [0.3, 0.4) is 0 Å². The summed E-state index contributed by atoms with van der Waals surface area (Å²) in [5.74, 6) is 0.385. The second kappa shape index (κ2) is 7.37. The molecule has 0 aliphatic heterocycles. The highest BCUT2D eigenvalue weighted by atomic mass is 32.2. The van der Waals surface area contributed by atoms with E-state index in [1.54, 1.807) is 0 Å². The topological polar surface area (TPSA) is 46.2 Å². The van der Waals surface area contributed by atoms with Gasteiger partial charge in [0.05, 0.1) is 11.0 Å². The van der Waals surface area contributed by atoms with E-state index in [0.29, 0.717) is 11.8 Å². The molecule has 0 bridgehead atoms. The first-order valence-corrected chi connectivity index (χ1v) is 8.70. The summed E-state index contributed by atoms with van der Waals surface area (Å²) in [4.78, 5) is 0. The first-order valence-electron chi connectivity index (χ1n) is 6.99. The summed E-state index contributed by atoms with van der Waals surface area (Å²) in [6.45, 7) is 2.14. The van der Waals surface area contributed by atoms with Crippen molar-refractivity contribution in [2.24, 2.45) is 0 Å². The van der Waals surface area contributed by atoms with Gasteiger partial charge in [0.25, 0.3) is 0 Å². The smallest absolute Gasteiger partial charge is 0.153 e. The van der Waals surface area contributed by atoms with Crippen LogP contribution in [0, 0.1) is 0 Å². The lowest BCUT2D eigenvalue weighted by Gasteiger charge is -2.22. The number of hydrogen-bond acceptors (Lipinski definition) is 3. The van der Waals surface area contributed by atoms with Crippen LogP contribution in [0.5, 0.6) is 0 Å². The zero-order chi connectivity index (χ0) is 12.7. The maximum absolute atomic E-state index is 12.1. The van der Waals surface area contributed by atoms with Gasteiger partial charge in [-0.05, 0) is 39.2 Å². The molecule has 0 saturated heterocycles. The van der Waals surface area contributed by atoms with Gasteiger partial charge in [0, 0.05) is 6.04 Å². The van der Waals surface area contributed by atoms with Crippen LogP contribution < -0.4 is 5.32 Å². The number of hydrogen-bond donors (Lipinski definition) is 1. The summed E-state index contributed by atoms with van der Waals surface area (Å²) in [5, 5.41) is 3.19. The lowest BCUT2D eigenvalue weighted by Crippen LogP contribution is -2.28. The molecule has 3 nitrogen and oxygen atoms in total. The highest BCUT2D eigenvalue weighted by Crippen LogP contribution is 2.24. The van der Waals surface area contributed by atoms with Gasteiger partial charge in [-0.2, -0.15) is 0 Å². The van der Waals surface area contributed by atoms with Crippen molar-refractivity contribution in [3.05, 3.63) is 0 Å². The Bertz CT molecular complexity index is 291. The second-order valence-corrected chi connectivity index (χ2v) is 7.56. The van der Waals surface area contributed by atoms with Crippen molar-refractivity contribution in [2.75, 3.05) is 12.8 Å². The minimum atomic E-state index is -2.82. The summed E-state index contributed by atoms with van der Waals surface area (Å²) < 4.78 is 24.2. The summed E-state index contributed by atoms with van der Waals surface area (Å²) in [5.41, 5.74) is 0. The van der Waals surface area contributed by atoms with E-state index in [2.05, 4.69) is 12.2 Å². The molecule has 0 heterocycles. The first kappa shape index (κ1) is 15.0. The second-order valence-electron chi connectivity index (χ2n) is 5.16. The molecule has 1 unspecified atom stereocenters. The highest BCUT2D eigenvalue weighted by molar-refractivity contribution is 7.92. The van der Waals surface area contributed by atoms with Gasteiger partial charge in [-0.25, -0.2) is 8.42 Å². The molecule has 0 spiro atoms. The fourth-order valence-corrected chi connectivity index (χ4v) is 4.63. The van der Waals surface area contributed by atoms with Crippen molar-refractivity contribution in [3.63, 3.8) is 0 Å². The van der Waals surface area contributed by atoms with Crippen LogP contribution in [0.4, 0.5) is 0 Å². The molecule has 1 rings (SSSR count). The van der Waals surface area contributed by atoms with Crippen LogP contribution >= 0.6 is 0 Å². The monoisotopic (exact) mass is 261 g/mol. The number of rotatable bonds is 7. The van der Waals surface area contributed by atoms with Gasteiger partial charge in [0.15, 0.2) is 9.84 Å². The Morgan fingerprint density at radius 1 is 1.24 bits per heavy atom. The van der Waals surface area contributed by atoms with E-state index in [1.807, 2.05) is 7.05 Å². The van der Waals surface area contributed by atoms with E-state index in [1.165, 1.54) is 6.42 Å². The van der Waals surface area contributed by atoms with Crippen molar-refractivity contribution < 1.29 is 8.42 Å². The van der Waals surface area contributed by atoms with Gasteiger partial charge in [0.1, 0.15) is 0 Å².